The largest absolute Gasteiger partial charge is 0.366 e. The second-order valence-electron chi connectivity index (χ2n) is 7.75. The van der Waals surface area contributed by atoms with Crippen molar-refractivity contribution in [2.24, 2.45) is 11.7 Å². The number of carbonyl (C=O) groups is 3. The molecule has 29 heavy (non-hydrogen) atoms. The predicted molar refractivity (Wildman–Crippen MR) is 103 cm³/mol. The van der Waals surface area contributed by atoms with Crippen LogP contribution in [0.25, 0.3) is 5.65 Å². The number of fused-ring (bicyclic) bond motifs is 1. The lowest BCUT2D eigenvalue weighted by Gasteiger charge is -2.44. The smallest absolute Gasteiger partial charge is 0.270 e. The van der Waals surface area contributed by atoms with E-state index in [1.807, 2.05) is 12.1 Å². The van der Waals surface area contributed by atoms with Crippen LogP contribution in [0.1, 0.15) is 44.2 Å². The molecule has 3 amide bonds. The van der Waals surface area contributed by atoms with Crippen molar-refractivity contribution in [2.75, 3.05) is 13.1 Å². The van der Waals surface area contributed by atoms with Crippen molar-refractivity contribution in [3.8, 4) is 0 Å². The molecule has 9 nitrogen and oxygen atoms in total. The van der Waals surface area contributed by atoms with E-state index < -0.39 is 5.91 Å². The van der Waals surface area contributed by atoms with Crippen LogP contribution in [-0.2, 0) is 0 Å². The standard InChI is InChI=1S/C20H20N6O3/c21-17(27)12-8-14(23-9-12)19(29)25-10-13(11-25)20(4-5-20)24-18(28)15-2-1-3-16-22-6-7-26(15)16/h1-3,6-9,13,23H,4-5,10-11H2,(H2,21,27)(H,24,28). The molecule has 1 aliphatic carbocycles. The Labute approximate surface area is 165 Å². The van der Waals surface area contributed by atoms with E-state index in [0.29, 0.717) is 24.5 Å². The maximum atomic E-state index is 12.9. The van der Waals surface area contributed by atoms with Gasteiger partial charge in [0.15, 0.2) is 0 Å². The van der Waals surface area contributed by atoms with Gasteiger partial charge >= 0.3 is 0 Å². The van der Waals surface area contributed by atoms with Gasteiger partial charge in [0.05, 0.1) is 5.56 Å². The molecule has 3 aromatic rings. The average molecular weight is 392 g/mol. The molecular formula is C20H20N6O3. The molecule has 5 rings (SSSR count). The van der Waals surface area contributed by atoms with E-state index in [2.05, 4.69) is 15.3 Å². The molecule has 0 radical (unpaired) electrons. The van der Waals surface area contributed by atoms with E-state index in [1.165, 1.54) is 12.3 Å². The molecular weight excluding hydrogens is 372 g/mol. The van der Waals surface area contributed by atoms with Gasteiger partial charge in [-0.3, -0.25) is 18.8 Å². The molecule has 9 heteroatoms. The molecule has 2 aliphatic rings. The van der Waals surface area contributed by atoms with Gasteiger partial charge in [0, 0.05) is 43.1 Å². The number of hydrogen-bond donors (Lipinski definition) is 3. The molecule has 148 valence electrons. The highest BCUT2D eigenvalue weighted by molar-refractivity contribution is 5.98. The first-order valence-electron chi connectivity index (χ1n) is 9.49. The minimum Gasteiger partial charge on any atom is -0.366 e. The zero-order valence-corrected chi connectivity index (χ0v) is 15.6. The summed E-state index contributed by atoms with van der Waals surface area (Å²) < 4.78 is 1.77. The van der Waals surface area contributed by atoms with E-state index in [1.54, 1.807) is 27.8 Å². The van der Waals surface area contributed by atoms with Gasteiger partial charge in [0.2, 0.25) is 5.91 Å². The zero-order valence-electron chi connectivity index (χ0n) is 15.6. The lowest BCUT2D eigenvalue weighted by molar-refractivity contribution is 0.0378. The van der Waals surface area contributed by atoms with E-state index in [-0.39, 0.29) is 28.8 Å². The maximum absolute atomic E-state index is 12.9. The Morgan fingerprint density at radius 2 is 2.03 bits per heavy atom. The highest BCUT2D eigenvalue weighted by Crippen LogP contribution is 2.46. The van der Waals surface area contributed by atoms with Crippen molar-refractivity contribution >= 4 is 23.4 Å². The number of likely N-dealkylation sites (tertiary alicyclic amines) is 1. The Morgan fingerprint density at radius 1 is 1.24 bits per heavy atom. The molecule has 0 spiro atoms. The normalized spacial score (nSPS) is 17.7. The van der Waals surface area contributed by atoms with Crippen LogP contribution < -0.4 is 11.1 Å². The van der Waals surface area contributed by atoms with Crippen LogP contribution in [0, 0.1) is 5.92 Å². The highest BCUT2D eigenvalue weighted by atomic mass is 16.2. The number of aromatic amines is 1. The summed E-state index contributed by atoms with van der Waals surface area (Å²) in [6, 6.07) is 6.91. The van der Waals surface area contributed by atoms with Crippen molar-refractivity contribution in [1.29, 1.82) is 0 Å². The first-order chi connectivity index (χ1) is 14.0. The van der Waals surface area contributed by atoms with E-state index >= 15 is 0 Å². The fraction of sp³-hybridized carbons (Fsp3) is 0.300. The predicted octanol–water partition coefficient (Wildman–Crippen LogP) is 0.796. The van der Waals surface area contributed by atoms with Crippen molar-refractivity contribution in [2.45, 2.75) is 18.4 Å². The third-order valence-corrected chi connectivity index (χ3v) is 5.96. The van der Waals surface area contributed by atoms with Crippen molar-refractivity contribution < 1.29 is 14.4 Å². The Bertz CT molecular complexity index is 1140. The quantitative estimate of drug-likeness (QED) is 0.594. The molecule has 4 heterocycles. The molecule has 2 fully saturated rings. The summed E-state index contributed by atoms with van der Waals surface area (Å²) >= 11 is 0. The lowest BCUT2D eigenvalue weighted by atomic mass is 9.88. The number of imidazole rings is 1. The average Bonchev–Trinajstić information content (AvgIpc) is 3.11. The number of nitrogens with two attached hydrogens (primary N) is 1. The number of rotatable bonds is 5. The van der Waals surface area contributed by atoms with E-state index in [4.69, 9.17) is 5.73 Å². The second-order valence-corrected chi connectivity index (χ2v) is 7.75. The van der Waals surface area contributed by atoms with Crippen LogP contribution in [0.4, 0.5) is 0 Å². The summed E-state index contributed by atoms with van der Waals surface area (Å²) in [6.45, 7) is 1.14. The minimum absolute atomic E-state index is 0.133. The van der Waals surface area contributed by atoms with Crippen molar-refractivity contribution in [3.05, 3.63) is 59.8 Å². The Hall–Kier alpha value is -3.62. The minimum atomic E-state index is -0.575. The number of carbonyl (C=O) groups excluding carboxylic acids is 3. The number of primary amides is 1. The summed E-state index contributed by atoms with van der Waals surface area (Å²) in [5.41, 5.74) is 6.87. The van der Waals surface area contributed by atoms with Gasteiger partial charge in [-0.05, 0) is 31.0 Å². The van der Waals surface area contributed by atoms with Gasteiger partial charge in [-0.25, -0.2) is 4.98 Å². The molecule has 4 N–H and O–H groups in total. The molecule has 1 saturated heterocycles. The number of nitrogens with zero attached hydrogens (tertiary/aromatic N) is 3. The second kappa shape index (κ2) is 6.20. The molecule has 0 atom stereocenters. The Balaban J connectivity index is 1.24. The van der Waals surface area contributed by atoms with Crippen LogP contribution in [0.2, 0.25) is 0 Å². The van der Waals surface area contributed by atoms with Gasteiger partial charge in [-0.1, -0.05) is 6.07 Å². The summed E-state index contributed by atoms with van der Waals surface area (Å²) in [5.74, 6) is -0.664. The molecule has 3 aromatic heterocycles. The third-order valence-electron chi connectivity index (χ3n) is 5.96. The monoisotopic (exact) mass is 392 g/mol. The summed E-state index contributed by atoms with van der Waals surface area (Å²) in [5, 5.41) is 3.19. The molecule has 1 aliphatic heterocycles. The third kappa shape index (κ3) is 2.86. The Morgan fingerprint density at radius 3 is 2.72 bits per heavy atom. The molecule has 0 unspecified atom stereocenters. The first-order valence-corrected chi connectivity index (χ1v) is 9.49. The zero-order chi connectivity index (χ0) is 20.2. The number of nitrogens with one attached hydrogen (secondary N) is 2. The SMILES string of the molecule is NC(=O)c1c[nH]c(C(=O)N2CC(C3(NC(=O)c4cccc5nccn45)CC3)C2)c1. The van der Waals surface area contributed by atoms with Gasteiger partial charge in [0.1, 0.15) is 17.0 Å². The van der Waals surface area contributed by atoms with Gasteiger partial charge < -0.3 is 20.9 Å². The van der Waals surface area contributed by atoms with Gasteiger partial charge in [-0.2, -0.15) is 0 Å². The number of aromatic nitrogens is 3. The van der Waals surface area contributed by atoms with Crippen molar-refractivity contribution in [1.82, 2.24) is 24.6 Å². The maximum Gasteiger partial charge on any atom is 0.270 e. The fourth-order valence-electron chi connectivity index (χ4n) is 4.02. The van der Waals surface area contributed by atoms with Crippen LogP contribution in [0.5, 0.6) is 0 Å². The summed E-state index contributed by atoms with van der Waals surface area (Å²) in [7, 11) is 0. The Kier molecular flexibility index (Phi) is 3.73. The van der Waals surface area contributed by atoms with Crippen LogP contribution >= 0.6 is 0 Å². The first kappa shape index (κ1) is 17.5. The fourth-order valence-corrected chi connectivity index (χ4v) is 4.02. The number of hydrogen-bond acceptors (Lipinski definition) is 4. The lowest BCUT2D eigenvalue weighted by Crippen LogP contribution is -2.59. The van der Waals surface area contributed by atoms with Crippen molar-refractivity contribution in [3.63, 3.8) is 0 Å². The molecule has 0 aromatic carbocycles. The summed E-state index contributed by atoms with van der Waals surface area (Å²) in [6.07, 6.45) is 6.68. The number of H-pyrrole nitrogens is 1. The van der Waals surface area contributed by atoms with Crippen LogP contribution in [0.15, 0.2) is 42.9 Å². The number of pyridine rings is 1. The van der Waals surface area contributed by atoms with Crippen LogP contribution in [-0.4, -0.2) is 55.6 Å². The van der Waals surface area contributed by atoms with E-state index in [0.717, 1.165) is 18.5 Å². The highest BCUT2D eigenvalue weighted by Gasteiger charge is 2.55. The van der Waals surface area contributed by atoms with E-state index in [9.17, 15) is 14.4 Å². The van der Waals surface area contributed by atoms with Crippen LogP contribution in [0.3, 0.4) is 0 Å². The molecule has 0 bridgehead atoms. The topological polar surface area (TPSA) is 126 Å². The van der Waals surface area contributed by atoms with Gasteiger partial charge in [-0.15, -0.1) is 0 Å². The summed E-state index contributed by atoms with van der Waals surface area (Å²) in [4.78, 5) is 45.4. The molecule has 1 saturated carbocycles. The van der Waals surface area contributed by atoms with Gasteiger partial charge in [0.25, 0.3) is 11.8 Å². The number of amides is 3.